The molecule has 0 aliphatic carbocycles. The molecule has 0 spiro atoms. The smallest absolute Gasteiger partial charge is 0.0991 e. The van der Waals surface area contributed by atoms with Gasteiger partial charge in [0.25, 0.3) is 0 Å². The zero-order valence-electron chi connectivity index (χ0n) is 12.9. The number of hydrogen-bond acceptors (Lipinski definition) is 4. The molecule has 0 radical (unpaired) electrons. The number of nitrogens with two attached hydrogens (primary N) is 1. The van der Waals surface area contributed by atoms with Crippen molar-refractivity contribution in [2.45, 2.75) is 20.8 Å². The maximum absolute atomic E-state index is 9.91. The molecule has 0 bridgehead atoms. The summed E-state index contributed by atoms with van der Waals surface area (Å²) in [6.45, 7) is 9.34. The number of nitriles is 1. The lowest BCUT2D eigenvalue weighted by Crippen LogP contribution is -2.89. The van der Waals surface area contributed by atoms with Crippen LogP contribution in [0.15, 0.2) is 24.3 Å². The van der Waals surface area contributed by atoms with E-state index in [0.717, 1.165) is 18.7 Å². The van der Waals surface area contributed by atoms with E-state index in [2.05, 4.69) is 16.3 Å². The van der Waals surface area contributed by atoms with Crippen LogP contribution >= 0.6 is 0 Å². The highest BCUT2D eigenvalue weighted by Crippen LogP contribution is 2.14. The van der Waals surface area contributed by atoms with Gasteiger partial charge in [0.2, 0.25) is 0 Å². The largest absolute Gasteiger partial charge is 0.550 e. The van der Waals surface area contributed by atoms with Crippen LogP contribution in [-0.2, 0) is 4.79 Å². The van der Waals surface area contributed by atoms with Crippen molar-refractivity contribution in [3.05, 3.63) is 29.8 Å². The highest BCUT2D eigenvalue weighted by Gasteiger charge is 2.12. The summed E-state index contributed by atoms with van der Waals surface area (Å²) in [7, 11) is 0. The summed E-state index contributed by atoms with van der Waals surface area (Å²) >= 11 is 0. The summed E-state index contributed by atoms with van der Waals surface area (Å²) < 4.78 is 0. The zero-order valence-corrected chi connectivity index (χ0v) is 12.9. The number of carbonyl (C=O) groups excluding carboxylic acids is 1. The molecule has 5 nitrogen and oxygen atoms in total. The van der Waals surface area contributed by atoms with Crippen molar-refractivity contribution in [1.29, 1.82) is 5.26 Å². The average Bonchev–Trinajstić information content (AvgIpc) is 2.48. The van der Waals surface area contributed by atoms with E-state index in [-0.39, 0.29) is 0 Å². The van der Waals surface area contributed by atoms with Gasteiger partial charge >= 0.3 is 0 Å². The second-order valence-electron chi connectivity index (χ2n) is 6.05. The molecule has 1 aliphatic rings. The molecule has 1 aromatic rings. The van der Waals surface area contributed by atoms with E-state index in [1.54, 1.807) is 20.8 Å². The highest BCUT2D eigenvalue weighted by atomic mass is 16.4. The predicted octanol–water partition coefficient (Wildman–Crippen LogP) is -0.276. The van der Waals surface area contributed by atoms with Crippen LogP contribution in [0.5, 0.6) is 0 Å². The molecular weight excluding hydrogens is 266 g/mol. The van der Waals surface area contributed by atoms with Crippen LogP contribution in [0.3, 0.4) is 0 Å². The van der Waals surface area contributed by atoms with Crippen LogP contribution in [-0.4, -0.2) is 32.1 Å². The van der Waals surface area contributed by atoms with Crippen LogP contribution < -0.4 is 15.3 Å². The normalized spacial score (nSPS) is 14.7. The second-order valence-corrected chi connectivity index (χ2v) is 6.05. The summed E-state index contributed by atoms with van der Waals surface area (Å²) in [5, 5.41) is 20.9. The van der Waals surface area contributed by atoms with E-state index in [9.17, 15) is 9.90 Å². The molecule has 2 rings (SSSR count). The number of rotatable bonds is 1. The van der Waals surface area contributed by atoms with Crippen molar-refractivity contribution >= 4 is 11.7 Å². The van der Waals surface area contributed by atoms with Gasteiger partial charge in [-0.2, -0.15) is 5.26 Å². The summed E-state index contributed by atoms with van der Waals surface area (Å²) in [4.78, 5) is 12.3. The summed E-state index contributed by atoms with van der Waals surface area (Å²) in [6.07, 6.45) is 0. The van der Waals surface area contributed by atoms with E-state index < -0.39 is 11.4 Å². The maximum Gasteiger partial charge on any atom is 0.0991 e. The molecule has 0 atom stereocenters. The van der Waals surface area contributed by atoms with Crippen molar-refractivity contribution in [3.63, 3.8) is 0 Å². The minimum atomic E-state index is -1.01. The third-order valence-corrected chi connectivity index (χ3v) is 3.18. The molecule has 1 aliphatic heterocycles. The summed E-state index contributed by atoms with van der Waals surface area (Å²) in [5.41, 5.74) is 1.27. The Kier molecular flexibility index (Phi) is 6.19. The number of anilines is 1. The van der Waals surface area contributed by atoms with E-state index >= 15 is 0 Å². The Morgan fingerprint density at radius 3 is 2.10 bits per heavy atom. The summed E-state index contributed by atoms with van der Waals surface area (Å²) in [6, 6.07) is 9.96. The number of aliphatic carboxylic acids is 1. The molecule has 0 amide bonds. The van der Waals surface area contributed by atoms with E-state index in [4.69, 9.17) is 5.26 Å². The van der Waals surface area contributed by atoms with Crippen molar-refractivity contribution in [1.82, 2.24) is 0 Å². The van der Waals surface area contributed by atoms with Gasteiger partial charge in [0, 0.05) is 17.1 Å². The number of carboxylic acid groups (broad SMARTS) is 1. The molecule has 2 N–H and O–H groups in total. The molecule has 114 valence electrons. The Balaban J connectivity index is 0.000000270. The van der Waals surface area contributed by atoms with Gasteiger partial charge in [0.15, 0.2) is 0 Å². The first-order valence-corrected chi connectivity index (χ1v) is 7.13. The highest BCUT2D eigenvalue weighted by molar-refractivity contribution is 5.70. The molecule has 0 unspecified atom stereocenters. The Morgan fingerprint density at radius 1 is 1.24 bits per heavy atom. The quantitative estimate of drug-likeness (QED) is 0.771. The van der Waals surface area contributed by atoms with Gasteiger partial charge in [-0.05, 0) is 24.3 Å². The van der Waals surface area contributed by atoms with Crippen LogP contribution in [0, 0.1) is 16.7 Å². The van der Waals surface area contributed by atoms with Gasteiger partial charge in [-0.15, -0.1) is 0 Å². The molecule has 1 aromatic carbocycles. The molecule has 0 aromatic heterocycles. The Morgan fingerprint density at radius 2 is 1.71 bits per heavy atom. The fourth-order valence-electron chi connectivity index (χ4n) is 1.76. The molecule has 5 heteroatoms. The first-order chi connectivity index (χ1) is 9.84. The number of piperazine rings is 1. The Hall–Kier alpha value is -2.06. The number of quaternary nitrogens is 1. The summed E-state index contributed by atoms with van der Waals surface area (Å²) in [5.74, 6) is -1.01. The topological polar surface area (TPSA) is 83.8 Å². The van der Waals surface area contributed by atoms with E-state index in [0.29, 0.717) is 0 Å². The Labute approximate surface area is 126 Å². The molecule has 1 heterocycles. The van der Waals surface area contributed by atoms with Gasteiger partial charge in [0.1, 0.15) is 0 Å². The standard InChI is InChI=1S/C11H13N3.C5H10O2/c12-9-10-1-3-11(4-2-10)14-7-5-13-6-8-14;1-5(2,3)4(6)7/h1-4,13H,5-8H2;1-3H3,(H,6,7). The molecule has 1 saturated heterocycles. The third-order valence-electron chi connectivity index (χ3n) is 3.18. The van der Waals surface area contributed by atoms with Crippen LogP contribution in [0.2, 0.25) is 0 Å². The minimum absolute atomic E-state index is 0.694. The fourth-order valence-corrected chi connectivity index (χ4v) is 1.76. The third kappa shape index (κ3) is 5.84. The van der Waals surface area contributed by atoms with Gasteiger partial charge in [-0.3, -0.25) is 0 Å². The second kappa shape index (κ2) is 7.65. The van der Waals surface area contributed by atoms with E-state index in [1.807, 2.05) is 24.3 Å². The van der Waals surface area contributed by atoms with Crippen LogP contribution in [0.1, 0.15) is 26.3 Å². The van der Waals surface area contributed by atoms with Crippen molar-refractivity contribution in [2.75, 3.05) is 31.1 Å². The molecule has 21 heavy (non-hydrogen) atoms. The SMILES string of the molecule is CC(C)(C)C(=O)[O-].N#Cc1ccc(N2CC[NH2+]CC2)cc1. The molecular formula is C16H23N3O2. The van der Waals surface area contributed by atoms with Crippen molar-refractivity contribution in [3.8, 4) is 6.07 Å². The lowest BCUT2D eigenvalue weighted by atomic mass is 9.98. The average molecular weight is 289 g/mol. The first kappa shape index (κ1) is 17.0. The van der Waals surface area contributed by atoms with Crippen LogP contribution in [0.4, 0.5) is 5.69 Å². The number of hydrogen-bond donors (Lipinski definition) is 1. The number of benzene rings is 1. The minimum Gasteiger partial charge on any atom is -0.550 e. The lowest BCUT2D eigenvalue weighted by Gasteiger charge is -2.27. The predicted molar refractivity (Wildman–Crippen MR) is 79.5 cm³/mol. The Bertz CT molecular complexity index is 492. The maximum atomic E-state index is 9.91. The van der Waals surface area contributed by atoms with Gasteiger partial charge in [0.05, 0.1) is 37.8 Å². The number of nitrogens with zero attached hydrogens (tertiary/aromatic N) is 2. The zero-order chi connectivity index (χ0) is 15.9. The molecule has 0 saturated carbocycles. The number of carboxylic acids is 1. The van der Waals surface area contributed by atoms with Gasteiger partial charge in [-0.25, -0.2) is 0 Å². The van der Waals surface area contributed by atoms with Crippen molar-refractivity contribution in [2.24, 2.45) is 5.41 Å². The molecule has 1 fully saturated rings. The fraction of sp³-hybridized carbons (Fsp3) is 0.500. The van der Waals surface area contributed by atoms with Gasteiger partial charge < -0.3 is 20.1 Å². The van der Waals surface area contributed by atoms with Crippen LogP contribution in [0.25, 0.3) is 0 Å². The monoisotopic (exact) mass is 289 g/mol. The first-order valence-electron chi connectivity index (χ1n) is 7.13. The van der Waals surface area contributed by atoms with Crippen molar-refractivity contribution < 1.29 is 15.2 Å². The van der Waals surface area contributed by atoms with Gasteiger partial charge in [-0.1, -0.05) is 20.8 Å². The van der Waals surface area contributed by atoms with E-state index in [1.165, 1.54) is 18.8 Å². The number of carbonyl (C=O) groups is 1. The lowest BCUT2D eigenvalue weighted by molar-refractivity contribution is -0.655.